The number of amides is 1. The second-order valence-corrected chi connectivity index (χ2v) is 6.50. The van der Waals surface area contributed by atoms with Gasteiger partial charge in [-0.2, -0.15) is 0 Å². The second-order valence-electron chi connectivity index (χ2n) is 4.25. The summed E-state index contributed by atoms with van der Waals surface area (Å²) in [4.78, 5) is 12.8. The van der Waals surface area contributed by atoms with E-state index in [1.165, 1.54) is 23.8 Å². The van der Waals surface area contributed by atoms with Crippen LogP contribution in [0.1, 0.15) is 10.4 Å². The van der Waals surface area contributed by atoms with Gasteiger partial charge in [0.15, 0.2) is 0 Å². The lowest BCUT2D eigenvalue weighted by atomic mass is 10.2. The van der Waals surface area contributed by atoms with E-state index in [0.29, 0.717) is 25.6 Å². The van der Waals surface area contributed by atoms with Gasteiger partial charge >= 0.3 is 0 Å². The molecule has 0 atom stereocenters. The molecule has 22 heavy (non-hydrogen) atoms. The molecule has 3 aromatic rings. The normalized spacial score (nSPS) is 10.7. The minimum Gasteiger partial charge on any atom is -0.364 e. The van der Waals surface area contributed by atoms with Crippen molar-refractivity contribution >= 4 is 57.0 Å². The first-order valence-electron chi connectivity index (χ1n) is 6.00. The number of hydrogen-bond donors (Lipinski definition) is 1. The Kier molecular flexibility index (Phi) is 4.40. The maximum absolute atomic E-state index is 11.9. The van der Waals surface area contributed by atoms with Crippen LogP contribution in [0.25, 0.3) is 10.4 Å². The number of rotatable bonds is 3. The lowest BCUT2D eigenvalue weighted by Crippen LogP contribution is -2.09. The number of hydrogen-bond acceptors (Lipinski definition) is 4. The molecular formula is C14H7Cl3N2O2S. The Labute approximate surface area is 144 Å². The Balaban J connectivity index is 1.85. The third kappa shape index (κ3) is 2.98. The zero-order valence-corrected chi connectivity index (χ0v) is 13.9. The summed E-state index contributed by atoms with van der Waals surface area (Å²) in [5, 5.41) is 8.01. The quantitative estimate of drug-likeness (QED) is 0.607. The summed E-state index contributed by atoms with van der Waals surface area (Å²) in [6, 6.07) is 7.10. The summed E-state index contributed by atoms with van der Waals surface area (Å²) in [7, 11) is 0. The number of halogens is 3. The number of carbonyl (C=O) groups excluding carboxylic acids is 1. The van der Waals surface area contributed by atoms with Gasteiger partial charge in [-0.25, -0.2) is 0 Å². The molecule has 4 nitrogen and oxygen atoms in total. The zero-order valence-electron chi connectivity index (χ0n) is 10.8. The molecular weight excluding hydrogens is 367 g/mol. The fourth-order valence-corrected chi connectivity index (χ4v) is 3.39. The average Bonchev–Trinajstić information content (AvgIpc) is 3.16. The van der Waals surface area contributed by atoms with E-state index >= 15 is 0 Å². The fourth-order valence-electron chi connectivity index (χ4n) is 1.77. The van der Waals surface area contributed by atoms with Gasteiger partial charge in [0.05, 0.1) is 31.8 Å². The number of nitrogens with one attached hydrogen (secondary N) is 1. The molecule has 0 aliphatic carbocycles. The Bertz CT molecular complexity index is 831. The van der Waals surface area contributed by atoms with Crippen molar-refractivity contribution in [2.24, 2.45) is 0 Å². The maximum Gasteiger partial charge on any atom is 0.261 e. The number of aromatic nitrogens is 1. The number of anilines is 1. The predicted octanol–water partition coefficient (Wildman–Crippen LogP) is 5.62. The van der Waals surface area contributed by atoms with Gasteiger partial charge in [-0.3, -0.25) is 4.79 Å². The largest absolute Gasteiger partial charge is 0.364 e. The van der Waals surface area contributed by atoms with Crippen LogP contribution in [0.15, 0.2) is 41.2 Å². The molecule has 0 unspecified atom stereocenters. The highest BCUT2D eigenvalue weighted by molar-refractivity contribution is 7.19. The maximum atomic E-state index is 11.9. The molecule has 0 radical (unpaired) electrons. The summed E-state index contributed by atoms with van der Waals surface area (Å²) in [6.45, 7) is 0. The number of nitrogens with zero attached hydrogens (tertiary/aromatic N) is 1. The van der Waals surface area contributed by atoms with E-state index in [1.54, 1.807) is 18.2 Å². The minimum absolute atomic E-state index is 0.296. The van der Waals surface area contributed by atoms with Crippen molar-refractivity contribution in [3.8, 4) is 10.4 Å². The van der Waals surface area contributed by atoms with E-state index in [4.69, 9.17) is 34.8 Å². The second kappa shape index (κ2) is 6.30. The van der Waals surface area contributed by atoms with Crippen LogP contribution in [-0.4, -0.2) is 11.1 Å². The van der Waals surface area contributed by atoms with E-state index < -0.39 is 0 Å². The SMILES string of the molecule is O=C(Nc1ccc(-c2ccc(Cl)c(Cl)c2Cl)s1)c1cnoc1. The van der Waals surface area contributed by atoms with Crippen LogP contribution in [-0.2, 0) is 0 Å². The van der Waals surface area contributed by atoms with Crippen molar-refractivity contribution in [2.45, 2.75) is 0 Å². The molecule has 0 fully saturated rings. The van der Waals surface area contributed by atoms with Gasteiger partial charge in [0.1, 0.15) is 6.26 Å². The highest BCUT2D eigenvalue weighted by atomic mass is 35.5. The van der Waals surface area contributed by atoms with Crippen LogP contribution in [0.3, 0.4) is 0 Å². The summed E-state index contributed by atoms with van der Waals surface area (Å²) in [5.74, 6) is -0.296. The Morgan fingerprint density at radius 3 is 2.68 bits per heavy atom. The van der Waals surface area contributed by atoms with Gasteiger partial charge in [-0.15, -0.1) is 11.3 Å². The molecule has 2 heterocycles. The van der Waals surface area contributed by atoms with E-state index in [0.717, 1.165) is 10.4 Å². The first-order chi connectivity index (χ1) is 10.6. The summed E-state index contributed by atoms with van der Waals surface area (Å²) < 4.78 is 4.64. The van der Waals surface area contributed by atoms with E-state index in [2.05, 4.69) is 15.0 Å². The molecule has 1 N–H and O–H groups in total. The van der Waals surface area contributed by atoms with Crippen LogP contribution in [0, 0.1) is 0 Å². The first-order valence-corrected chi connectivity index (χ1v) is 7.95. The predicted molar refractivity (Wildman–Crippen MR) is 89.2 cm³/mol. The van der Waals surface area contributed by atoms with Gasteiger partial charge < -0.3 is 9.84 Å². The molecule has 1 amide bonds. The van der Waals surface area contributed by atoms with E-state index in [-0.39, 0.29) is 5.91 Å². The van der Waals surface area contributed by atoms with E-state index in [9.17, 15) is 4.79 Å². The third-order valence-electron chi connectivity index (χ3n) is 2.84. The van der Waals surface area contributed by atoms with Gasteiger partial charge in [-0.1, -0.05) is 46.0 Å². The molecule has 0 saturated heterocycles. The Morgan fingerprint density at radius 1 is 1.14 bits per heavy atom. The van der Waals surface area contributed by atoms with Crippen LogP contribution >= 0.6 is 46.1 Å². The number of thiophene rings is 1. The number of carbonyl (C=O) groups is 1. The molecule has 2 aromatic heterocycles. The standard InChI is InChI=1S/C14H7Cl3N2O2S/c15-9-2-1-8(12(16)13(9)17)10-3-4-11(22-10)19-14(20)7-5-18-21-6-7/h1-6H,(H,19,20). The van der Waals surface area contributed by atoms with Crippen molar-refractivity contribution in [3.05, 3.63) is 57.4 Å². The molecule has 3 rings (SSSR count). The van der Waals surface area contributed by atoms with Gasteiger partial charge in [-0.05, 0) is 18.2 Å². The lowest BCUT2D eigenvalue weighted by molar-refractivity contribution is 0.102. The van der Waals surface area contributed by atoms with Gasteiger partial charge in [0.25, 0.3) is 5.91 Å². The Hall–Kier alpha value is -1.53. The Morgan fingerprint density at radius 2 is 1.95 bits per heavy atom. The molecule has 112 valence electrons. The average molecular weight is 374 g/mol. The zero-order chi connectivity index (χ0) is 15.7. The summed E-state index contributed by atoms with van der Waals surface area (Å²) >= 11 is 19.5. The van der Waals surface area contributed by atoms with Crippen molar-refractivity contribution < 1.29 is 9.32 Å². The third-order valence-corrected chi connectivity index (χ3v) is 5.17. The minimum atomic E-state index is -0.296. The van der Waals surface area contributed by atoms with E-state index in [1.807, 2.05) is 6.07 Å². The van der Waals surface area contributed by atoms with Crippen LogP contribution in [0.4, 0.5) is 5.00 Å². The molecule has 0 saturated carbocycles. The fraction of sp³-hybridized carbons (Fsp3) is 0. The van der Waals surface area contributed by atoms with Gasteiger partial charge in [0.2, 0.25) is 0 Å². The molecule has 1 aromatic carbocycles. The number of benzene rings is 1. The highest BCUT2D eigenvalue weighted by Crippen LogP contribution is 2.41. The smallest absolute Gasteiger partial charge is 0.261 e. The van der Waals surface area contributed by atoms with Crippen molar-refractivity contribution in [1.29, 1.82) is 0 Å². The van der Waals surface area contributed by atoms with Crippen molar-refractivity contribution in [1.82, 2.24) is 5.16 Å². The first kappa shape index (κ1) is 15.4. The highest BCUT2D eigenvalue weighted by Gasteiger charge is 2.14. The van der Waals surface area contributed by atoms with Crippen LogP contribution in [0.2, 0.25) is 15.1 Å². The van der Waals surface area contributed by atoms with Gasteiger partial charge in [0, 0.05) is 10.4 Å². The molecule has 0 bridgehead atoms. The molecule has 0 aliphatic heterocycles. The topological polar surface area (TPSA) is 55.1 Å². The summed E-state index contributed by atoms with van der Waals surface area (Å²) in [6.07, 6.45) is 2.62. The monoisotopic (exact) mass is 372 g/mol. The van der Waals surface area contributed by atoms with Crippen LogP contribution in [0.5, 0.6) is 0 Å². The molecule has 0 spiro atoms. The molecule has 0 aliphatic rings. The van der Waals surface area contributed by atoms with Crippen molar-refractivity contribution in [2.75, 3.05) is 5.32 Å². The van der Waals surface area contributed by atoms with Crippen molar-refractivity contribution in [3.63, 3.8) is 0 Å². The lowest BCUT2D eigenvalue weighted by Gasteiger charge is -2.05. The molecule has 8 heteroatoms. The van der Waals surface area contributed by atoms with Crippen LogP contribution < -0.4 is 5.32 Å². The summed E-state index contributed by atoms with van der Waals surface area (Å²) in [5.41, 5.74) is 1.11.